The highest BCUT2D eigenvalue weighted by molar-refractivity contribution is 6.00. The van der Waals surface area contributed by atoms with Crippen molar-refractivity contribution in [2.75, 3.05) is 6.61 Å². The monoisotopic (exact) mass is 244 g/mol. The number of hydrogen-bond donors (Lipinski definition) is 2. The maximum Gasteiger partial charge on any atom is 0.330 e. The van der Waals surface area contributed by atoms with E-state index in [2.05, 4.69) is 4.74 Å². The number of alkyl halides is 1. The summed E-state index contributed by atoms with van der Waals surface area (Å²) in [4.78, 5) is 22.3. The summed E-state index contributed by atoms with van der Waals surface area (Å²) < 4.78 is 17.8. The Morgan fingerprint density at radius 2 is 2.24 bits per heavy atom. The molecule has 0 radical (unpaired) electrons. The van der Waals surface area contributed by atoms with Crippen LogP contribution in [-0.2, 0) is 14.3 Å². The van der Waals surface area contributed by atoms with E-state index in [1.165, 1.54) is 6.08 Å². The first-order valence-electron chi connectivity index (χ1n) is 5.02. The van der Waals surface area contributed by atoms with E-state index in [0.29, 0.717) is 0 Å². The highest BCUT2D eigenvalue weighted by Crippen LogP contribution is 2.19. The summed E-state index contributed by atoms with van der Waals surface area (Å²) in [7, 11) is 0. The number of halogens is 1. The Morgan fingerprint density at radius 3 is 2.82 bits per heavy atom. The molecule has 0 amide bonds. The second-order valence-corrected chi connectivity index (χ2v) is 3.55. The van der Waals surface area contributed by atoms with Crippen molar-refractivity contribution in [1.82, 2.24) is 0 Å². The van der Waals surface area contributed by atoms with Crippen molar-refractivity contribution in [3.05, 3.63) is 23.8 Å². The highest BCUT2D eigenvalue weighted by atomic mass is 19.1. The van der Waals surface area contributed by atoms with Gasteiger partial charge in [0.25, 0.3) is 0 Å². The number of rotatable bonds is 3. The van der Waals surface area contributed by atoms with Crippen LogP contribution < -0.4 is 0 Å². The lowest BCUT2D eigenvalue weighted by molar-refractivity contribution is -0.138. The molecule has 0 unspecified atom stereocenters. The Balaban J connectivity index is 2.68. The number of ether oxygens (including phenoxy) is 1. The van der Waals surface area contributed by atoms with Crippen molar-refractivity contribution in [2.24, 2.45) is 0 Å². The number of esters is 1. The average molecular weight is 244 g/mol. The minimum Gasteiger partial charge on any atom is -0.458 e. The minimum atomic E-state index is -2.19. The van der Waals surface area contributed by atoms with Crippen LogP contribution in [0.1, 0.15) is 6.92 Å². The van der Waals surface area contributed by atoms with Gasteiger partial charge in [-0.15, -0.1) is 0 Å². The number of Topliss-reactive ketones (excluding diaryl/α,β-unsaturated/α-hetero) is 1. The van der Waals surface area contributed by atoms with Crippen LogP contribution in [-0.4, -0.2) is 47.0 Å². The van der Waals surface area contributed by atoms with E-state index in [1.807, 2.05) is 0 Å². The summed E-state index contributed by atoms with van der Waals surface area (Å²) in [6.45, 7) is 1.19. The number of ketones is 1. The van der Waals surface area contributed by atoms with Gasteiger partial charge in [0.1, 0.15) is 18.8 Å². The third kappa shape index (κ3) is 3.21. The zero-order chi connectivity index (χ0) is 13.0. The molecule has 1 rings (SSSR count). The molecule has 0 aromatic carbocycles. The van der Waals surface area contributed by atoms with Gasteiger partial charge in [-0.05, 0) is 13.0 Å². The molecular formula is C11H13FO5. The molecule has 5 nitrogen and oxygen atoms in total. The van der Waals surface area contributed by atoms with E-state index < -0.39 is 36.7 Å². The molecule has 94 valence electrons. The van der Waals surface area contributed by atoms with Crippen LogP contribution in [0.15, 0.2) is 23.8 Å². The first-order chi connectivity index (χ1) is 7.97. The first kappa shape index (κ1) is 13.5. The number of aliphatic hydroxyl groups is 2. The maximum absolute atomic E-state index is 13.2. The first-order valence-corrected chi connectivity index (χ1v) is 5.02. The summed E-state index contributed by atoms with van der Waals surface area (Å²) in [6, 6.07) is 0. The van der Waals surface area contributed by atoms with E-state index in [9.17, 15) is 19.1 Å². The predicted molar refractivity (Wildman–Crippen MR) is 55.8 cm³/mol. The highest BCUT2D eigenvalue weighted by Gasteiger charge is 2.37. The SMILES string of the molecule is C/C=C/C(=O)OCC1=C[C@@H](O)[C@H](O)[C@H](F)C1=O. The van der Waals surface area contributed by atoms with Crippen LogP contribution >= 0.6 is 0 Å². The Bertz CT molecular complexity index is 374. The molecule has 0 heterocycles. The van der Waals surface area contributed by atoms with Crippen molar-refractivity contribution >= 4 is 11.8 Å². The zero-order valence-electron chi connectivity index (χ0n) is 9.17. The Labute approximate surface area is 97.2 Å². The molecule has 0 aliphatic heterocycles. The van der Waals surface area contributed by atoms with Gasteiger partial charge in [-0.2, -0.15) is 0 Å². The van der Waals surface area contributed by atoms with E-state index in [4.69, 9.17) is 5.11 Å². The van der Waals surface area contributed by atoms with Crippen LogP contribution in [0, 0.1) is 0 Å². The molecule has 3 atom stereocenters. The van der Waals surface area contributed by atoms with Crippen molar-refractivity contribution in [3.8, 4) is 0 Å². The van der Waals surface area contributed by atoms with Crippen LogP contribution in [0.4, 0.5) is 4.39 Å². The summed E-state index contributed by atoms with van der Waals surface area (Å²) in [6.07, 6.45) is -1.84. The van der Waals surface area contributed by atoms with Crippen LogP contribution in [0.5, 0.6) is 0 Å². The lowest BCUT2D eigenvalue weighted by Crippen LogP contribution is -2.44. The molecule has 2 N–H and O–H groups in total. The van der Waals surface area contributed by atoms with Gasteiger partial charge in [-0.3, -0.25) is 4.79 Å². The second-order valence-electron chi connectivity index (χ2n) is 3.55. The smallest absolute Gasteiger partial charge is 0.330 e. The van der Waals surface area contributed by atoms with Gasteiger partial charge < -0.3 is 14.9 Å². The molecule has 17 heavy (non-hydrogen) atoms. The molecule has 0 aromatic rings. The Morgan fingerprint density at radius 1 is 1.59 bits per heavy atom. The number of carbonyl (C=O) groups excluding carboxylic acids is 2. The minimum absolute atomic E-state index is 0.159. The van der Waals surface area contributed by atoms with E-state index in [0.717, 1.165) is 12.2 Å². The molecule has 0 aromatic heterocycles. The Hall–Kier alpha value is -1.53. The molecule has 0 saturated carbocycles. The van der Waals surface area contributed by atoms with Gasteiger partial charge >= 0.3 is 5.97 Å². The molecular weight excluding hydrogens is 231 g/mol. The van der Waals surface area contributed by atoms with E-state index in [1.54, 1.807) is 6.92 Å². The Kier molecular flexibility index (Phi) is 4.53. The van der Waals surface area contributed by atoms with Gasteiger partial charge in [-0.25, -0.2) is 9.18 Å². The van der Waals surface area contributed by atoms with Crippen LogP contribution in [0.3, 0.4) is 0 Å². The number of allylic oxidation sites excluding steroid dienone is 1. The predicted octanol–water partition coefficient (Wildman–Crippen LogP) is -0.325. The van der Waals surface area contributed by atoms with Crippen molar-refractivity contribution in [3.63, 3.8) is 0 Å². The van der Waals surface area contributed by atoms with Crippen LogP contribution in [0.25, 0.3) is 0 Å². The maximum atomic E-state index is 13.2. The number of aliphatic hydroxyl groups excluding tert-OH is 2. The standard InChI is InChI=1S/C11H13FO5/c1-2-3-8(14)17-5-6-4-7(13)11(16)9(12)10(6)15/h2-4,7,9,11,13,16H,5H2,1H3/b3-2+/t7-,9-,11+/m1/s1. The fourth-order valence-corrected chi connectivity index (χ4v) is 1.34. The molecule has 1 aliphatic carbocycles. The summed E-state index contributed by atoms with van der Waals surface area (Å²) in [5.41, 5.74) is -0.159. The average Bonchev–Trinajstić information content (AvgIpc) is 2.30. The van der Waals surface area contributed by atoms with Crippen molar-refractivity contribution < 1.29 is 28.9 Å². The molecule has 0 saturated heterocycles. The number of carbonyl (C=O) groups is 2. The van der Waals surface area contributed by atoms with Gasteiger partial charge in [0.15, 0.2) is 12.0 Å². The zero-order valence-corrected chi connectivity index (χ0v) is 9.17. The third-order valence-corrected chi connectivity index (χ3v) is 2.26. The van der Waals surface area contributed by atoms with Gasteiger partial charge in [0.2, 0.25) is 0 Å². The fraction of sp³-hybridized carbons (Fsp3) is 0.455. The topological polar surface area (TPSA) is 83.8 Å². The lowest BCUT2D eigenvalue weighted by atomic mass is 9.92. The third-order valence-electron chi connectivity index (χ3n) is 2.26. The quantitative estimate of drug-likeness (QED) is 0.525. The van der Waals surface area contributed by atoms with Gasteiger partial charge in [-0.1, -0.05) is 6.08 Å². The summed E-state index contributed by atoms with van der Waals surface area (Å²) >= 11 is 0. The van der Waals surface area contributed by atoms with Gasteiger partial charge in [0.05, 0.1) is 0 Å². The normalized spacial score (nSPS) is 29.3. The van der Waals surface area contributed by atoms with E-state index in [-0.39, 0.29) is 5.57 Å². The largest absolute Gasteiger partial charge is 0.458 e. The molecule has 0 spiro atoms. The van der Waals surface area contributed by atoms with Crippen molar-refractivity contribution in [2.45, 2.75) is 25.3 Å². The summed E-state index contributed by atoms with van der Waals surface area (Å²) in [5, 5.41) is 18.3. The second kappa shape index (κ2) is 5.70. The molecule has 1 aliphatic rings. The molecule has 0 bridgehead atoms. The van der Waals surface area contributed by atoms with E-state index >= 15 is 0 Å². The van der Waals surface area contributed by atoms with Gasteiger partial charge in [0, 0.05) is 11.6 Å². The van der Waals surface area contributed by atoms with Crippen LogP contribution in [0.2, 0.25) is 0 Å². The molecule has 6 heteroatoms. The number of hydrogen-bond acceptors (Lipinski definition) is 5. The lowest BCUT2D eigenvalue weighted by Gasteiger charge is -2.24. The van der Waals surface area contributed by atoms with Crippen molar-refractivity contribution in [1.29, 1.82) is 0 Å². The summed E-state index contributed by atoms with van der Waals surface area (Å²) in [5.74, 6) is -1.65. The fourth-order valence-electron chi connectivity index (χ4n) is 1.34. The molecule has 0 fully saturated rings.